The number of nitrogens with one attached hydrogen (secondary N) is 5. The summed E-state index contributed by atoms with van der Waals surface area (Å²) in [5.41, 5.74) is 5.91. The molecule has 0 aromatic heterocycles. The third-order valence-corrected chi connectivity index (χ3v) is 29.4. The largest absolute Gasteiger partial charge is 0.491 e. The van der Waals surface area contributed by atoms with Crippen molar-refractivity contribution in [1.82, 2.24) is 15.1 Å². The molecule has 4 unspecified atom stereocenters. The fourth-order valence-corrected chi connectivity index (χ4v) is 19.2. The maximum Gasteiger partial charge on any atom is 0.364 e. The molecule has 0 amide bonds. The number of ether oxygens (including phenoxy) is 13. The summed E-state index contributed by atoms with van der Waals surface area (Å²) in [5, 5.41) is 29.7. The maximum absolute atomic E-state index is 9.60. The summed E-state index contributed by atoms with van der Waals surface area (Å²) >= 11 is 6.00. The number of nitrogens with zero attached hydrogens (tertiary/aromatic N) is 2. The number of anilines is 4. The Kier molecular flexibility index (Phi) is 105. The van der Waals surface area contributed by atoms with Crippen molar-refractivity contribution in [3.63, 3.8) is 0 Å². The zero-order chi connectivity index (χ0) is 114. The second-order valence-corrected chi connectivity index (χ2v) is 55.5. The monoisotopic (exact) mass is 2190 g/mol. The predicted molar refractivity (Wildman–Crippen MR) is 659 cm³/mol. The van der Waals surface area contributed by atoms with Crippen molar-refractivity contribution in [1.29, 1.82) is 0 Å². The Hall–Kier alpha value is -2.01. The van der Waals surface area contributed by atoms with Crippen molar-refractivity contribution >= 4 is 66.6 Å². The van der Waals surface area contributed by atoms with Crippen molar-refractivity contribution in [2.45, 2.75) is 536 Å². The summed E-state index contributed by atoms with van der Waals surface area (Å²) in [7, 11) is 0.901. The lowest BCUT2D eigenvalue weighted by Gasteiger charge is -2.33. The van der Waals surface area contributed by atoms with Gasteiger partial charge in [-0.25, -0.2) is 0 Å². The molecule has 6 N–H and O–H groups in total. The second kappa shape index (κ2) is 100. The molecule has 27 heteroatoms. The Bertz CT molecular complexity index is 3130. The summed E-state index contributed by atoms with van der Waals surface area (Å²) in [4.78, 5) is 5.06. The van der Waals surface area contributed by atoms with Gasteiger partial charge in [0.25, 0.3) is 0 Å². The van der Waals surface area contributed by atoms with E-state index in [1.54, 1.807) is 14.2 Å². The number of unbranched alkanes of at least 4 members (excludes halogenated alkanes) is 2. The number of rotatable bonds is 85. The third kappa shape index (κ3) is 109. The first-order valence-corrected chi connectivity index (χ1v) is 64.3. The molecule has 2 rings (SSSR count). The lowest BCUT2D eigenvalue weighted by atomic mass is 10.0. The van der Waals surface area contributed by atoms with E-state index >= 15 is 0 Å². The lowest BCUT2D eigenvalue weighted by Crippen LogP contribution is -2.46. The van der Waals surface area contributed by atoms with E-state index in [9.17, 15) is 5.11 Å². The summed E-state index contributed by atoms with van der Waals surface area (Å²) in [5.74, 6) is 5.98. The molecule has 0 aliphatic rings. The molecule has 0 bridgehead atoms. The highest BCUT2D eigenvalue weighted by atomic mass is 32.2. The first-order valence-electron chi connectivity index (χ1n) is 59.1. The van der Waals surface area contributed by atoms with Crippen molar-refractivity contribution in [2.75, 3.05) is 185 Å². The highest BCUT2D eigenvalue weighted by molar-refractivity contribution is 8.04. The van der Waals surface area contributed by atoms with Gasteiger partial charge in [0.15, 0.2) is 0 Å². The Morgan fingerprint density at radius 2 is 0.732 bits per heavy atom. The molecule has 4 atom stereocenters. The third-order valence-electron chi connectivity index (χ3n) is 22.4. The van der Waals surface area contributed by atoms with E-state index < -0.39 is 8.56 Å². The van der Waals surface area contributed by atoms with Crippen LogP contribution in [0.1, 0.15) is 412 Å². The molecule has 2 aromatic carbocycles. The fraction of sp³-hybridized carbons (Fsp3) is 0.902. The fourth-order valence-electron chi connectivity index (χ4n) is 14.6. The van der Waals surface area contributed by atoms with Crippen LogP contribution >= 0.6 is 35.3 Å². The average molecular weight is 2200 g/mol. The topological polar surface area (TPSA) is 225 Å². The molecule has 0 aliphatic carbocycles. The molecule has 0 heterocycles. The first kappa shape index (κ1) is 155. The van der Waals surface area contributed by atoms with Crippen molar-refractivity contribution < 1.29 is 75.5 Å². The van der Waals surface area contributed by atoms with Crippen LogP contribution in [0.4, 0.5) is 22.7 Å². The van der Waals surface area contributed by atoms with Crippen molar-refractivity contribution in [3.05, 3.63) is 42.0 Å². The van der Waals surface area contributed by atoms with E-state index in [-0.39, 0.29) is 54.6 Å². The molecule has 2 aromatic rings. The average Bonchev–Trinajstić information content (AvgIpc) is 0.845. The Morgan fingerprint density at radius 3 is 1.12 bits per heavy atom. The minimum Gasteiger partial charge on any atom is -0.491 e. The molecule has 0 aliphatic heterocycles. The Balaban J connectivity index is -0.000000549. The molecule has 0 radical (unpaired) electrons. The molecule has 0 fully saturated rings. The molecule has 23 nitrogen and oxygen atoms in total. The maximum atomic E-state index is 9.60. The van der Waals surface area contributed by atoms with Crippen LogP contribution in [0.25, 0.3) is 0 Å². The van der Waals surface area contributed by atoms with Crippen LogP contribution in [0.15, 0.2) is 36.4 Å². The molecular formula is C122H251N7O16S3Si. The number of benzene rings is 2. The van der Waals surface area contributed by atoms with Gasteiger partial charge in [-0.05, 0) is 372 Å². The molecule has 0 saturated carbocycles. The van der Waals surface area contributed by atoms with Crippen LogP contribution < -0.4 is 31.3 Å². The zero-order valence-electron chi connectivity index (χ0n) is 106. The number of aliphatic hydroxyl groups is 1. The van der Waals surface area contributed by atoms with E-state index in [1.807, 2.05) is 55.2 Å². The van der Waals surface area contributed by atoms with Crippen LogP contribution in [0.3, 0.4) is 0 Å². The van der Waals surface area contributed by atoms with E-state index in [4.69, 9.17) is 70.4 Å². The Morgan fingerprint density at radius 1 is 0.342 bits per heavy atom. The summed E-state index contributed by atoms with van der Waals surface area (Å²) in [6.07, 6.45) is 19.8. The molecule has 0 spiro atoms. The minimum absolute atomic E-state index is 0.0195. The number of aliphatic hydroxyl groups excluding tert-OH is 1. The standard InChI is InChI=1S/C24H50O6.C24H50O3.C19H45N3O3Si.C15H26N2O.C15H26N2.C13H28O2S.C12H26OS2/c1-21(2)27-16-9-14-25-13-8-7-12-24(30-19-11-18-29-23(5)6)20-26-15-10-17-28-22(3)4;1-21(2)12-9-17-25-16-8-7-15-24(27-19-11-14-23(5)6)20-26-18-10-13-22(3)4;1-17(2)20-10-12-22(19(5)6)14-13-21(18(3)4)11-9-15-26(16-23,24-7)25-8;1-10(2)16-14-8-7-13(18-12(5)6)9-15(14)17-11(3)4;1-10(2)13-7-8-14(16-11(3)4)15(9-13)17-12(5)6;1-10(2)15-12(9-16-11(3)4)8-14-13(5,6)7;1-9(2)13-7-12(15-11(5)6)8-14-10(3)4/h21-24H,7-20H2,1-6H3;21-24H,7-20H2,1-6H3;17-20,23H,9-16H2,1-8H3;7-12,16-17H,1-6H3;7-12,16-17H,1-6H3;10-12H,8-9H2,1-7H3;9-12H,7-8H2,1-6H3. The van der Waals surface area contributed by atoms with E-state index in [0.717, 1.165) is 234 Å². The van der Waals surface area contributed by atoms with Gasteiger partial charge < -0.3 is 102 Å². The van der Waals surface area contributed by atoms with Gasteiger partial charge in [0.2, 0.25) is 0 Å². The number of hydrogen-bond acceptors (Lipinski definition) is 26. The van der Waals surface area contributed by atoms with Gasteiger partial charge in [0.1, 0.15) is 5.75 Å². The van der Waals surface area contributed by atoms with E-state index in [1.165, 1.54) is 48.4 Å². The summed E-state index contributed by atoms with van der Waals surface area (Å²) in [6.45, 7) is 110. The van der Waals surface area contributed by atoms with Crippen LogP contribution in [-0.4, -0.2) is 311 Å². The zero-order valence-corrected chi connectivity index (χ0v) is 109. The number of hydrogen-bond donors (Lipinski definition) is 6. The summed E-state index contributed by atoms with van der Waals surface area (Å²) < 4.78 is 86.1. The molecule has 149 heavy (non-hydrogen) atoms. The normalized spacial score (nSPS) is 13.0. The van der Waals surface area contributed by atoms with Crippen LogP contribution in [0, 0.1) is 17.8 Å². The SMILES string of the molecule is CC(C)CCCOCCCCC(COCCCC(C)C)OCCCC(C)C.CC(C)Nc1ccc(C(C)C)cc1NC(C)C.CC(C)Nc1ccc(OC(C)C)cc1NC(C)C.CC(C)OC(COC(C)(C)C)CSC(C)C.CC(C)OCC(CSC(C)C)SC(C)C.CC(C)OCCCOCCCCC(COCCCOC(C)C)OCCCOC(C)C.CO[Si](CO)(CCCN(CCN(CCNC(C)C)C(C)C)C(C)C)OC. The summed E-state index contributed by atoms with van der Waals surface area (Å²) in [6, 6.07) is 16.9. The second-order valence-electron chi connectivity index (χ2n) is 46.9. The van der Waals surface area contributed by atoms with Gasteiger partial charge in [-0.3, -0.25) is 9.80 Å². The van der Waals surface area contributed by atoms with Crippen molar-refractivity contribution in [2.24, 2.45) is 17.8 Å². The Labute approximate surface area is 937 Å². The quantitative estimate of drug-likeness (QED) is 0.0267. The van der Waals surface area contributed by atoms with Gasteiger partial charge in [0, 0.05) is 178 Å². The van der Waals surface area contributed by atoms with Crippen LogP contribution in [0.2, 0.25) is 6.04 Å². The lowest BCUT2D eigenvalue weighted by molar-refractivity contribution is -0.0793. The van der Waals surface area contributed by atoms with Crippen molar-refractivity contribution in [3.8, 4) is 5.75 Å². The first-order chi connectivity index (χ1) is 69.9. The van der Waals surface area contributed by atoms with Gasteiger partial charge >= 0.3 is 8.56 Å². The van der Waals surface area contributed by atoms with Gasteiger partial charge in [0.05, 0.1) is 116 Å². The van der Waals surface area contributed by atoms with Gasteiger partial charge in [-0.1, -0.05) is 117 Å². The smallest absolute Gasteiger partial charge is 0.364 e. The van der Waals surface area contributed by atoms with Crippen LogP contribution in [-0.2, 0) is 65.7 Å². The predicted octanol–water partition coefficient (Wildman–Crippen LogP) is 30.3. The molecular weight excluding hydrogens is 1940 g/mol. The van der Waals surface area contributed by atoms with Gasteiger partial charge in [-0.15, -0.1) is 0 Å². The van der Waals surface area contributed by atoms with E-state index in [2.05, 4.69) is 351 Å². The highest BCUT2D eigenvalue weighted by Gasteiger charge is 2.35. The minimum atomic E-state index is -2.40. The van der Waals surface area contributed by atoms with E-state index in [0.29, 0.717) is 103 Å². The van der Waals surface area contributed by atoms with Gasteiger partial charge in [-0.2, -0.15) is 35.3 Å². The number of thioether (sulfide) groups is 3. The van der Waals surface area contributed by atoms with Crippen LogP contribution in [0.5, 0.6) is 5.75 Å². The highest BCUT2D eigenvalue weighted by Crippen LogP contribution is 2.32. The molecule has 892 valence electrons. The molecule has 0 saturated heterocycles.